The van der Waals surface area contributed by atoms with Gasteiger partial charge < -0.3 is 20.9 Å². The lowest BCUT2D eigenvalue weighted by Gasteiger charge is -2.55. The number of hydrogen-bond donors (Lipinski definition) is 3. The fraction of sp³-hybridized carbons (Fsp3) is 0.647. The molecule has 0 amide bonds. The lowest BCUT2D eigenvalue weighted by Crippen LogP contribution is -2.65. The van der Waals surface area contributed by atoms with Crippen molar-refractivity contribution in [2.45, 2.75) is 37.2 Å². The van der Waals surface area contributed by atoms with Crippen LogP contribution in [0.25, 0.3) is 0 Å². The molecular weight excluding hydrogens is 264 g/mol. The van der Waals surface area contributed by atoms with Crippen molar-refractivity contribution in [3.8, 4) is 5.75 Å². The molecule has 4 heteroatoms. The molecule has 0 radical (unpaired) electrons. The van der Waals surface area contributed by atoms with Gasteiger partial charge in [0.05, 0.1) is 12.2 Å². The van der Waals surface area contributed by atoms with Gasteiger partial charge in [-0.2, -0.15) is 0 Å². The van der Waals surface area contributed by atoms with Gasteiger partial charge in [0.1, 0.15) is 5.75 Å². The molecule has 3 atom stereocenters. The highest BCUT2D eigenvalue weighted by molar-refractivity contribution is 5.44. The minimum atomic E-state index is -0.762. The highest BCUT2D eigenvalue weighted by Crippen LogP contribution is 2.50. The number of hydrogen-bond acceptors (Lipinski definition) is 4. The van der Waals surface area contributed by atoms with E-state index in [0.29, 0.717) is 13.2 Å². The average molecular weight is 290 g/mol. The first kappa shape index (κ1) is 14.8. The van der Waals surface area contributed by atoms with Crippen LogP contribution in [0, 0.1) is 5.92 Å². The minimum absolute atomic E-state index is 0.223. The summed E-state index contributed by atoms with van der Waals surface area (Å²) >= 11 is 0. The summed E-state index contributed by atoms with van der Waals surface area (Å²) in [6.07, 6.45) is 2.48. The summed E-state index contributed by atoms with van der Waals surface area (Å²) in [5.74, 6) is 1.11. The molecule has 3 rings (SSSR count). The van der Waals surface area contributed by atoms with Crippen molar-refractivity contribution in [3.63, 3.8) is 0 Å². The van der Waals surface area contributed by atoms with Crippen molar-refractivity contribution in [1.29, 1.82) is 0 Å². The molecule has 0 aromatic heterocycles. The van der Waals surface area contributed by atoms with Gasteiger partial charge in [0.15, 0.2) is 0 Å². The standard InChI is InChI=1S/C17H26N2O2/c1-2-13-11-19-9-7-17(13,20)16(12-18)8-10-21-15-6-4-3-5-14(15)16/h3-6,13,19-20H,2,7-12,18H2,1H3. The van der Waals surface area contributed by atoms with Crippen LogP contribution in [0.15, 0.2) is 24.3 Å². The Morgan fingerprint density at radius 2 is 2.19 bits per heavy atom. The SMILES string of the molecule is CCC1CNCCC1(O)C1(CN)CCOc2ccccc21. The van der Waals surface area contributed by atoms with Crippen LogP contribution in [-0.4, -0.2) is 36.9 Å². The van der Waals surface area contributed by atoms with Crippen LogP contribution < -0.4 is 15.8 Å². The minimum Gasteiger partial charge on any atom is -0.493 e. The van der Waals surface area contributed by atoms with E-state index in [4.69, 9.17) is 10.5 Å². The smallest absolute Gasteiger partial charge is 0.123 e. The number of nitrogens with one attached hydrogen (secondary N) is 1. The zero-order valence-electron chi connectivity index (χ0n) is 12.8. The molecular formula is C17H26N2O2. The second-order valence-corrected chi connectivity index (χ2v) is 6.36. The van der Waals surface area contributed by atoms with Gasteiger partial charge in [-0.3, -0.25) is 0 Å². The van der Waals surface area contributed by atoms with Gasteiger partial charge in [0.2, 0.25) is 0 Å². The highest BCUT2D eigenvalue weighted by atomic mass is 16.5. The van der Waals surface area contributed by atoms with Crippen LogP contribution in [0.5, 0.6) is 5.75 Å². The van der Waals surface area contributed by atoms with Crippen LogP contribution in [0.1, 0.15) is 31.7 Å². The third-order valence-electron chi connectivity index (χ3n) is 5.61. The summed E-state index contributed by atoms with van der Waals surface area (Å²) in [5, 5.41) is 15.1. The molecule has 0 aliphatic carbocycles. The maximum absolute atomic E-state index is 11.7. The molecule has 1 fully saturated rings. The topological polar surface area (TPSA) is 67.5 Å². The second kappa shape index (κ2) is 5.59. The molecule has 4 N–H and O–H groups in total. The van der Waals surface area contributed by atoms with Gasteiger partial charge in [-0.1, -0.05) is 25.1 Å². The fourth-order valence-corrected chi connectivity index (χ4v) is 4.34. The monoisotopic (exact) mass is 290 g/mol. The molecule has 116 valence electrons. The maximum atomic E-state index is 11.7. The first-order valence-electron chi connectivity index (χ1n) is 8.03. The summed E-state index contributed by atoms with van der Waals surface area (Å²) in [5.41, 5.74) is 6.17. The van der Waals surface area contributed by atoms with Crippen molar-refractivity contribution >= 4 is 0 Å². The van der Waals surface area contributed by atoms with Gasteiger partial charge in [-0.05, 0) is 31.9 Å². The third kappa shape index (κ3) is 2.08. The summed E-state index contributed by atoms with van der Waals surface area (Å²) in [7, 11) is 0. The molecule has 4 nitrogen and oxygen atoms in total. The number of piperidine rings is 1. The molecule has 21 heavy (non-hydrogen) atoms. The van der Waals surface area contributed by atoms with E-state index >= 15 is 0 Å². The average Bonchev–Trinajstić information content (AvgIpc) is 2.54. The van der Waals surface area contributed by atoms with Crippen LogP contribution in [0.3, 0.4) is 0 Å². The Balaban J connectivity index is 2.12. The van der Waals surface area contributed by atoms with Gasteiger partial charge >= 0.3 is 0 Å². The Hall–Kier alpha value is -1.10. The summed E-state index contributed by atoms with van der Waals surface area (Å²) in [6, 6.07) is 8.07. The zero-order valence-corrected chi connectivity index (χ0v) is 12.8. The Bertz CT molecular complexity index is 507. The number of para-hydroxylation sites is 1. The van der Waals surface area contributed by atoms with E-state index in [1.807, 2.05) is 18.2 Å². The van der Waals surface area contributed by atoms with E-state index in [0.717, 1.165) is 43.7 Å². The Morgan fingerprint density at radius 3 is 2.95 bits per heavy atom. The lowest BCUT2D eigenvalue weighted by atomic mass is 9.57. The van der Waals surface area contributed by atoms with Crippen LogP contribution >= 0.6 is 0 Å². The van der Waals surface area contributed by atoms with Crippen molar-refractivity contribution in [3.05, 3.63) is 29.8 Å². The van der Waals surface area contributed by atoms with Gasteiger partial charge in [-0.25, -0.2) is 0 Å². The number of benzene rings is 1. The summed E-state index contributed by atoms with van der Waals surface area (Å²) in [6.45, 7) is 4.94. The van der Waals surface area contributed by atoms with Crippen molar-refractivity contribution in [2.24, 2.45) is 11.7 Å². The van der Waals surface area contributed by atoms with Crippen LogP contribution in [0.4, 0.5) is 0 Å². The molecule has 0 saturated carbocycles. The predicted molar refractivity (Wildman–Crippen MR) is 83.5 cm³/mol. The second-order valence-electron chi connectivity index (χ2n) is 6.36. The van der Waals surface area contributed by atoms with E-state index < -0.39 is 11.0 Å². The maximum Gasteiger partial charge on any atom is 0.123 e. The number of ether oxygens (including phenoxy) is 1. The normalized spacial score (nSPS) is 35.9. The van der Waals surface area contributed by atoms with Crippen LogP contribution in [-0.2, 0) is 5.41 Å². The van der Waals surface area contributed by atoms with E-state index in [1.54, 1.807) is 0 Å². The Morgan fingerprint density at radius 1 is 1.38 bits per heavy atom. The summed E-state index contributed by atoms with van der Waals surface area (Å²) in [4.78, 5) is 0. The molecule has 1 saturated heterocycles. The molecule has 1 aromatic carbocycles. The van der Waals surface area contributed by atoms with E-state index in [2.05, 4.69) is 18.3 Å². The number of aliphatic hydroxyl groups is 1. The fourth-order valence-electron chi connectivity index (χ4n) is 4.34. The largest absolute Gasteiger partial charge is 0.493 e. The van der Waals surface area contributed by atoms with Crippen molar-refractivity contribution in [2.75, 3.05) is 26.2 Å². The third-order valence-corrected chi connectivity index (χ3v) is 5.61. The van der Waals surface area contributed by atoms with E-state index in [-0.39, 0.29) is 5.92 Å². The summed E-state index contributed by atoms with van der Waals surface area (Å²) < 4.78 is 5.80. The Kier molecular flexibility index (Phi) is 3.95. The van der Waals surface area contributed by atoms with Gasteiger partial charge in [0.25, 0.3) is 0 Å². The molecule has 1 aromatic rings. The molecule has 2 aliphatic rings. The van der Waals surface area contributed by atoms with Crippen molar-refractivity contribution < 1.29 is 9.84 Å². The molecule has 0 spiro atoms. The van der Waals surface area contributed by atoms with E-state index in [1.165, 1.54) is 0 Å². The first-order chi connectivity index (χ1) is 10.2. The number of fused-ring (bicyclic) bond motifs is 1. The van der Waals surface area contributed by atoms with E-state index in [9.17, 15) is 5.11 Å². The van der Waals surface area contributed by atoms with Gasteiger partial charge in [0, 0.05) is 30.0 Å². The number of nitrogens with two attached hydrogens (primary N) is 1. The Labute approximate surface area is 126 Å². The molecule has 2 aliphatic heterocycles. The zero-order chi connectivity index (χ0) is 14.9. The number of rotatable bonds is 3. The van der Waals surface area contributed by atoms with Crippen molar-refractivity contribution in [1.82, 2.24) is 5.32 Å². The first-order valence-corrected chi connectivity index (χ1v) is 8.03. The predicted octanol–water partition coefficient (Wildman–Crippen LogP) is 1.42. The lowest BCUT2D eigenvalue weighted by molar-refractivity contribution is -0.114. The molecule has 0 bridgehead atoms. The molecule has 3 unspecified atom stereocenters. The quantitative estimate of drug-likeness (QED) is 0.787. The molecule has 2 heterocycles. The van der Waals surface area contributed by atoms with Crippen LogP contribution in [0.2, 0.25) is 0 Å². The highest BCUT2D eigenvalue weighted by Gasteiger charge is 2.56. The van der Waals surface area contributed by atoms with Gasteiger partial charge in [-0.15, -0.1) is 0 Å².